The molecular formula is C31H34Cl3NO3S. The first-order valence-electron chi connectivity index (χ1n) is 12.5. The maximum absolute atomic E-state index is 11.6. The highest BCUT2D eigenvalue weighted by atomic mass is 35.5. The molecule has 3 aromatic carbocycles. The highest BCUT2D eigenvalue weighted by molar-refractivity contribution is 7.99. The summed E-state index contributed by atoms with van der Waals surface area (Å²) in [7, 11) is 0. The molecule has 1 amide bonds. The minimum Gasteiger partial charge on any atom is -0.281 e. The van der Waals surface area contributed by atoms with Crippen LogP contribution >= 0.6 is 46.6 Å². The van der Waals surface area contributed by atoms with Crippen LogP contribution in [0.15, 0.2) is 76.5 Å². The second-order valence-corrected chi connectivity index (χ2v) is 12.8. The molecule has 8 heteroatoms. The highest BCUT2D eigenvalue weighted by Crippen LogP contribution is 2.48. The average Bonchev–Trinajstić information content (AvgIpc) is 2.83. The molecule has 1 aliphatic rings. The molecule has 0 bridgehead atoms. The van der Waals surface area contributed by atoms with Crippen LogP contribution in [0, 0.1) is 25.2 Å². The van der Waals surface area contributed by atoms with Crippen molar-refractivity contribution in [3.05, 3.63) is 83.4 Å². The molecule has 0 spiro atoms. The van der Waals surface area contributed by atoms with Crippen LogP contribution in [0.4, 0.5) is 16.2 Å². The van der Waals surface area contributed by atoms with Gasteiger partial charge in [-0.3, -0.25) is 19.3 Å². The van der Waals surface area contributed by atoms with E-state index in [-0.39, 0.29) is 5.24 Å². The summed E-state index contributed by atoms with van der Waals surface area (Å²) in [4.78, 5) is 36.4. The Balaban J connectivity index is 0.000000215. The zero-order chi connectivity index (χ0) is 29.3. The molecule has 4 nitrogen and oxygen atoms in total. The first kappa shape index (κ1) is 32.9. The number of nitrogens with zero attached hydrogens (tertiary/aromatic N) is 1. The van der Waals surface area contributed by atoms with Crippen molar-refractivity contribution < 1.29 is 14.4 Å². The monoisotopic (exact) mass is 605 g/mol. The topological polar surface area (TPSA) is 54.5 Å². The largest absolute Gasteiger partial charge is 0.325 e. The van der Waals surface area contributed by atoms with E-state index in [4.69, 9.17) is 34.8 Å². The van der Waals surface area contributed by atoms with Crippen LogP contribution < -0.4 is 4.90 Å². The second kappa shape index (κ2) is 14.9. The van der Waals surface area contributed by atoms with Crippen LogP contribution in [0.2, 0.25) is 0 Å². The molecule has 4 rings (SSSR count). The SMILES string of the molecule is CC(CC(=O)Cl)CC(C)(C)C.Cc1ccc(C(=O)Cl)cc1C.O=C(Cl)N1c2ccccc2Sc2ccccc21. The van der Waals surface area contributed by atoms with Crippen LogP contribution in [0.5, 0.6) is 0 Å². The van der Waals surface area contributed by atoms with Crippen molar-refractivity contribution >= 4 is 73.8 Å². The smallest absolute Gasteiger partial charge is 0.281 e. The molecule has 1 aliphatic heterocycles. The molecule has 0 aliphatic carbocycles. The van der Waals surface area contributed by atoms with E-state index in [0.29, 0.717) is 23.3 Å². The number of hydrogen-bond acceptors (Lipinski definition) is 4. The normalized spacial score (nSPS) is 12.5. The zero-order valence-corrected chi connectivity index (χ0v) is 26.1. The van der Waals surface area contributed by atoms with E-state index < -0.39 is 10.6 Å². The van der Waals surface area contributed by atoms with Crippen LogP contribution in [0.25, 0.3) is 0 Å². The Labute approximate surface area is 251 Å². The first-order chi connectivity index (χ1) is 18.2. The Morgan fingerprint density at radius 3 is 1.74 bits per heavy atom. The minimum absolute atomic E-state index is 0.221. The summed E-state index contributed by atoms with van der Waals surface area (Å²) in [6, 6.07) is 20.9. The van der Waals surface area contributed by atoms with Gasteiger partial charge >= 0.3 is 5.37 Å². The third-order valence-electron chi connectivity index (χ3n) is 5.81. The van der Waals surface area contributed by atoms with Gasteiger partial charge in [-0.1, -0.05) is 69.8 Å². The molecule has 0 saturated carbocycles. The lowest BCUT2D eigenvalue weighted by molar-refractivity contribution is -0.112. The minimum atomic E-state index is -0.481. The average molecular weight is 607 g/mol. The van der Waals surface area contributed by atoms with Gasteiger partial charge in [0, 0.05) is 21.8 Å². The lowest BCUT2D eigenvalue weighted by Crippen LogP contribution is -2.22. The maximum atomic E-state index is 11.6. The van der Waals surface area contributed by atoms with Gasteiger partial charge in [0.25, 0.3) is 5.24 Å². The molecule has 3 aromatic rings. The van der Waals surface area contributed by atoms with Crippen LogP contribution in [0.3, 0.4) is 0 Å². The molecule has 39 heavy (non-hydrogen) atoms. The van der Waals surface area contributed by atoms with E-state index in [1.165, 1.54) is 5.56 Å². The molecule has 208 valence electrons. The van der Waals surface area contributed by atoms with E-state index in [1.54, 1.807) is 28.8 Å². The summed E-state index contributed by atoms with van der Waals surface area (Å²) in [6.45, 7) is 12.5. The van der Waals surface area contributed by atoms with Gasteiger partial charge in [-0.15, -0.1) is 0 Å². The van der Waals surface area contributed by atoms with Gasteiger partial charge in [-0.25, -0.2) is 0 Å². The molecule has 1 heterocycles. The number of aryl methyl sites for hydroxylation is 2. The fourth-order valence-electron chi connectivity index (χ4n) is 4.15. The number of carbonyl (C=O) groups is 3. The number of fused-ring (bicyclic) bond motifs is 2. The van der Waals surface area contributed by atoms with E-state index in [1.807, 2.05) is 68.4 Å². The van der Waals surface area contributed by atoms with E-state index in [9.17, 15) is 14.4 Å². The Kier molecular flexibility index (Phi) is 12.6. The van der Waals surface area contributed by atoms with Crippen molar-refractivity contribution in [3.63, 3.8) is 0 Å². The number of hydrogen-bond donors (Lipinski definition) is 0. The Morgan fingerprint density at radius 1 is 0.821 bits per heavy atom. The quantitative estimate of drug-likeness (QED) is 0.219. The van der Waals surface area contributed by atoms with Crippen molar-refractivity contribution in [1.82, 2.24) is 0 Å². The van der Waals surface area contributed by atoms with Crippen molar-refractivity contribution in [2.24, 2.45) is 11.3 Å². The lowest BCUT2D eigenvalue weighted by Gasteiger charge is -2.28. The standard InChI is InChI=1S/C13H8ClNOS.C9H9ClO.C9H17ClO/c14-13(16)15-9-5-1-3-7-11(9)17-12-8-4-2-6-10(12)15;1-6-3-4-8(9(10)11)5-7(6)2;1-7(5-8(10)11)6-9(2,3)4/h1-8H;3-5H,1-2H3;7H,5-6H2,1-4H3. The predicted molar refractivity (Wildman–Crippen MR) is 165 cm³/mol. The third-order valence-corrected chi connectivity index (χ3v) is 7.48. The summed E-state index contributed by atoms with van der Waals surface area (Å²) < 4.78 is 0. The van der Waals surface area contributed by atoms with Crippen molar-refractivity contribution in [2.75, 3.05) is 4.90 Å². The number of carbonyl (C=O) groups excluding carboxylic acids is 3. The van der Waals surface area contributed by atoms with Gasteiger partial charge in [0.1, 0.15) is 0 Å². The van der Waals surface area contributed by atoms with Crippen molar-refractivity contribution in [2.45, 2.75) is 64.2 Å². The van der Waals surface area contributed by atoms with Crippen molar-refractivity contribution in [1.29, 1.82) is 0 Å². The molecular weight excluding hydrogens is 573 g/mol. The molecule has 0 saturated heterocycles. The van der Waals surface area contributed by atoms with Crippen LogP contribution in [0.1, 0.15) is 62.0 Å². The summed E-state index contributed by atoms with van der Waals surface area (Å²) in [5, 5.41) is -1.10. The molecule has 1 atom stereocenters. The Hall–Kier alpha value is -2.31. The second-order valence-electron chi connectivity index (χ2n) is 10.6. The fraction of sp³-hybridized carbons (Fsp3) is 0.323. The van der Waals surface area contributed by atoms with E-state index >= 15 is 0 Å². The lowest BCUT2D eigenvalue weighted by atomic mass is 9.84. The fourth-order valence-corrected chi connectivity index (χ4v) is 5.77. The molecule has 0 N–H and O–H groups in total. The number of rotatable bonds is 4. The zero-order valence-electron chi connectivity index (χ0n) is 23.1. The third kappa shape index (κ3) is 10.6. The maximum Gasteiger partial charge on any atom is 0.325 e. The molecule has 0 fully saturated rings. The number of halogens is 3. The van der Waals surface area contributed by atoms with Gasteiger partial charge in [0.05, 0.1) is 11.4 Å². The van der Waals surface area contributed by atoms with Gasteiger partial charge < -0.3 is 0 Å². The number of anilines is 2. The van der Waals surface area contributed by atoms with Crippen LogP contribution in [-0.2, 0) is 4.79 Å². The first-order valence-corrected chi connectivity index (χ1v) is 14.5. The van der Waals surface area contributed by atoms with E-state index in [0.717, 1.165) is 33.2 Å². The predicted octanol–water partition coefficient (Wildman–Crippen LogP) is 10.5. The Morgan fingerprint density at radius 2 is 1.33 bits per heavy atom. The molecule has 0 radical (unpaired) electrons. The van der Waals surface area contributed by atoms with Gasteiger partial charge in [0.2, 0.25) is 5.24 Å². The number of amides is 1. The van der Waals surface area contributed by atoms with Gasteiger partial charge in [0.15, 0.2) is 0 Å². The van der Waals surface area contributed by atoms with E-state index in [2.05, 4.69) is 27.7 Å². The highest BCUT2D eigenvalue weighted by Gasteiger charge is 2.26. The summed E-state index contributed by atoms with van der Waals surface area (Å²) >= 11 is 17.9. The summed E-state index contributed by atoms with van der Waals surface area (Å²) in [6.07, 6.45) is 1.55. The van der Waals surface area contributed by atoms with Gasteiger partial charge in [-0.05, 0) is 114 Å². The molecule has 1 unspecified atom stereocenters. The van der Waals surface area contributed by atoms with Crippen molar-refractivity contribution in [3.8, 4) is 0 Å². The molecule has 0 aromatic heterocycles. The summed E-state index contributed by atoms with van der Waals surface area (Å²) in [5.74, 6) is 0.403. The number of para-hydroxylation sites is 2. The number of benzene rings is 3. The Bertz CT molecular complexity index is 1270. The summed E-state index contributed by atoms with van der Waals surface area (Å²) in [5.41, 5.74) is 4.82. The van der Waals surface area contributed by atoms with Crippen LogP contribution in [-0.4, -0.2) is 15.9 Å². The van der Waals surface area contributed by atoms with Gasteiger partial charge in [-0.2, -0.15) is 0 Å².